The lowest BCUT2D eigenvalue weighted by atomic mass is 10.0. The summed E-state index contributed by atoms with van der Waals surface area (Å²) in [5.74, 6) is 0. The summed E-state index contributed by atoms with van der Waals surface area (Å²) in [6.07, 6.45) is 9.19. The van der Waals surface area contributed by atoms with Crippen LogP contribution in [0.25, 0.3) is 0 Å². The Kier molecular flexibility index (Phi) is 1.83. The van der Waals surface area contributed by atoms with Crippen LogP contribution in [0.4, 0.5) is 0 Å². The summed E-state index contributed by atoms with van der Waals surface area (Å²) in [6.45, 7) is 2.30. The van der Waals surface area contributed by atoms with E-state index in [-0.39, 0.29) is 5.54 Å². The van der Waals surface area contributed by atoms with Crippen LogP contribution in [-0.2, 0) is 5.54 Å². The predicted molar refractivity (Wildman–Crippen MR) is 51.7 cm³/mol. The fraction of sp³-hybridized carbons (Fsp3) is 0.667. The fourth-order valence-corrected chi connectivity index (χ4v) is 2.47. The minimum Gasteiger partial charge on any atom is -0.337 e. The maximum atomic E-state index is 5.20. The molecule has 0 spiro atoms. The standard InChI is InChI=1S/C9H14N2S/c1-9(4-2-3-5-9)11-7-6-10-8(11)12/h6-7H,2-5H2,1H3,(H,10,12). The van der Waals surface area contributed by atoms with Crippen LogP contribution in [0, 0.1) is 4.77 Å². The lowest BCUT2D eigenvalue weighted by molar-refractivity contribution is 0.325. The third-order valence-electron chi connectivity index (χ3n) is 2.91. The van der Waals surface area contributed by atoms with Gasteiger partial charge in [0.25, 0.3) is 0 Å². The van der Waals surface area contributed by atoms with Gasteiger partial charge < -0.3 is 9.55 Å². The molecule has 1 N–H and O–H groups in total. The molecule has 2 rings (SSSR count). The van der Waals surface area contributed by atoms with Crippen molar-refractivity contribution < 1.29 is 0 Å². The van der Waals surface area contributed by atoms with Crippen LogP contribution in [0.3, 0.4) is 0 Å². The van der Waals surface area contributed by atoms with Gasteiger partial charge in [-0.25, -0.2) is 0 Å². The van der Waals surface area contributed by atoms with E-state index in [0.717, 1.165) is 4.77 Å². The molecule has 1 fully saturated rings. The van der Waals surface area contributed by atoms with Crippen LogP contribution in [0.2, 0.25) is 0 Å². The highest BCUT2D eigenvalue weighted by Crippen LogP contribution is 2.35. The Balaban J connectivity index is 2.41. The average Bonchev–Trinajstić information content (AvgIpc) is 2.59. The van der Waals surface area contributed by atoms with Gasteiger partial charge in [-0.3, -0.25) is 0 Å². The van der Waals surface area contributed by atoms with Crippen molar-refractivity contribution in [2.45, 2.75) is 38.1 Å². The number of imidazole rings is 1. The fourth-order valence-electron chi connectivity index (χ4n) is 2.12. The molecule has 0 saturated heterocycles. The number of aromatic nitrogens is 2. The van der Waals surface area contributed by atoms with E-state index in [1.165, 1.54) is 25.7 Å². The van der Waals surface area contributed by atoms with Gasteiger partial charge >= 0.3 is 0 Å². The first-order valence-electron chi connectivity index (χ1n) is 4.49. The van der Waals surface area contributed by atoms with Gasteiger partial charge in [0.1, 0.15) is 0 Å². The van der Waals surface area contributed by atoms with Crippen LogP contribution in [0.1, 0.15) is 32.6 Å². The topological polar surface area (TPSA) is 20.7 Å². The normalized spacial score (nSPS) is 21.4. The van der Waals surface area contributed by atoms with Crippen molar-refractivity contribution in [3.63, 3.8) is 0 Å². The van der Waals surface area contributed by atoms with E-state index >= 15 is 0 Å². The number of nitrogens with zero attached hydrogens (tertiary/aromatic N) is 1. The molecule has 1 aromatic rings. The van der Waals surface area contributed by atoms with Gasteiger partial charge in [0.05, 0.1) is 0 Å². The molecule has 2 nitrogen and oxygen atoms in total. The number of nitrogens with one attached hydrogen (secondary N) is 1. The summed E-state index contributed by atoms with van der Waals surface area (Å²) >= 11 is 5.20. The van der Waals surface area contributed by atoms with Crippen LogP contribution in [-0.4, -0.2) is 9.55 Å². The number of aromatic amines is 1. The van der Waals surface area contributed by atoms with Crippen molar-refractivity contribution in [1.29, 1.82) is 0 Å². The second-order valence-electron chi connectivity index (χ2n) is 3.84. The van der Waals surface area contributed by atoms with Crippen molar-refractivity contribution in [3.05, 3.63) is 17.2 Å². The largest absolute Gasteiger partial charge is 0.337 e. The van der Waals surface area contributed by atoms with Crippen molar-refractivity contribution in [2.24, 2.45) is 0 Å². The van der Waals surface area contributed by atoms with Gasteiger partial charge in [0, 0.05) is 17.9 Å². The summed E-state index contributed by atoms with van der Waals surface area (Å²) in [7, 11) is 0. The van der Waals surface area contributed by atoms with Crippen LogP contribution >= 0.6 is 12.2 Å². The zero-order valence-corrected chi connectivity index (χ0v) is 8.16. The predicted octanol–water partition coefficient (Wildman–Crippen LogP) is 2.83. The Morgan fingerprint density at radius 3 is 2.67 bits per heavy atom. The molecule has 1 aliphatic rings. The first-order chi connectivity index (χ1) is 5.72. The number of H-pyrrole nitrogens is 1. The second-order valence-corrected chi connectivity index (χ2v) is 4.23. The number of hydrogen-bond acceptors (Lipinski definition) is 1. The maximum absolute atomic E-state index is 5.20. The highest BCUT2D eigenvalue weighted by Gasteiger charge is 2.30. The molecule has 0 radical (unpaired) electrons. The molecule has 0 bridgehead atoms. The van der Waals surface area contributed by atoms with Gasteiger partial charge in [-0.15, -0.1) is 0 Å². The zero-order valence-electron chi connectivity index (χ0n) is 7.34. The average molecular weight is 182 g/mol. The quantitative estimate of drug-likeness (QED) is 0.662. The lowest BCUT2D eigenvalue weighted by Crippen LogP contribution is -2.25. The van der Waals surface area contributed by atoms with Crippen molar-refractivity contribution >= 4 is 12.2 Å². The van der Waals surface area contributed by atoms with Crippen molar-refractivity contribution in [3.8, 4) is 0 Å². The summed E-state index contributed by atoms with van der Waals surface area (Å²) in [6, 6.07) is 0. The first kappa shape index (κ1) is 8.05. The maximum Gasteiger partial charge on any atom is 0.177 e. The summed E-state index contributed by atoms with van der Waals surface area (Å²) in [4.78, 5) is 3.05. The monoisotopic (exact) mass is 182 g/mol. The molecule has 0 amide bonds. The van der Waals surface area contributed by atoms with E-state index in [0.29, 0.717) is 0 Å². The molecular formula is C9H14N2S. The van der Waals surface area contributed by atoms with Gasteiger partial charge in [0.2, 0.25) is 0 Å². The molecule has 0 aromatic carbocycles. The Morgan fingerprint density at radius 2 is 2.17 bits per heavy atom. The van der Waals surface area contributed by atoms with Crippen LogP contribution < -0.4 is 0 Å². The summed E-state index contributed by atoms with van der Waals surface area (Å²) in [5, 5.41) is 0. The van der Waals surface area contributed by atoms with E-state index in [9.17, 15) is 0 Å². The van der Waals surface area contributed by atoms with E-state index in [1.807, 2.05) is 6.20 Å². The van der Waals surface area contributed by atoms with Gasteiger partial charge in [-0.05, 0) is 32.0 Å². The lowest BCUT2D eigenvalue weighted by Gasteiger charge is -2.25. The third kappa shape index (κ3) is 1.12. The Hall–Kier alpha value is -0.570. The second kappa shape index (κ2) is 2.73. The van der Waals surface area contributed by atoms with E-state index in [4.69, 9.17) is 12.2 Å². The Morgan fingerprint density at radius 1 is 1.50 bits per heavy atom. The van der Waals surface area contributed by atoms with Crippen molar-refractivity contribution in [1.82, 2.24) is 9.55 Å². The van der Waals surface area contributed by atoms with E-state index in [2.05, 4.69) is 22.7 Å². The molecule has 3 heteroatoms. The molecule has 0 aliphatic heterocycles. The Bertz CT molecular complexity index is 317. The van der Waals surface area contributed by atoms with Gasteiger partial charge in [-0.1, -0.05) is 12.8 Å². The first-order valence-corrected chi connectivity index (χ1v) is 4.90. The molecule has 1 heterocycles. The minimum atomic E-state index is 0.289. The third-order valence-corrected chi connectivity index (χ3v) is 3.23. The zero-order chi connectivity index (χ0) is 8.60. The number of rotatable bonds is 1. The molecule has 1 aromatic heterocycles. The van der Waals surface area contributed by atoms with Gasteiger partial charge in [-0.2, -0.15) is 0 Å². The summed E-state index contributed by atoms with van der Waals surface area (Å²) in [5.41, 5.74) is 0.289. The Labute approximate surface area is 77.6 Å². The molecule has 0 unspecified atom stereocenters. The molecule has 66 valence electrons. The van der Waals surface area contributed by atoms with Crippen LogP contribution in [0.15, 0.2) is 12.4 Å². The highest BCUT2D eigenvalue weighted by molar-refractivity contribution is 7.71. The van der Waals surface area contributed by atoms with Gasteiger partial charge in [0.15, 0.2) is 4.77 Å². The molecular weight excluding hydrogens is 168 g/mol. The molecule has 1 aliphatic carbocycles. The molecule has 1 saturated carbocycles. The van der Waals surface area contributed by atoms with Crippen molar-refractivity contribution in [2.75, 3.05) is 0 Å². The molecule has 12 heavy (non-hydrogen) atoms. The minimum absolute atomic E-state index is 0.289. The number of hydrogen-bond donors (Lipinski definition) is 1. The van der Waals surface area contributed by atoms with E-state index < -0.39 is 0 Å². The SMILES string of the molecule is CC1(n2cc[nH]c2=S)CCCC1. The smallest absolute Gasteiger partial charge is 0.177 e. The summed E-state index contributed by atoms with van der Waals surface area (Å²) < 4.78 is 3.06. The molecule has 0 atom stereocenters. The van der Waals surface area contributed by atoms with E-state index in [1.54, 1.807) is 0 Å². The van der Waals surface area contributed by atoms with Crippen LogP contribution in [0.5, 0.6) is 0 Å². The highest BCUT2D eigenvalue weighted by atomic mass is 32.1.